The van der Waals surface area contributed by atoms with Gasteiger partial charge in [-0.1, -0.05) is 19.9 Å². The Morgan fingerprint density at radius 3 is 2.73 bits per heavy atom. The lowest BCUT2D eigenvalue weighted by Gasteiger charge is -2.24. The molecule has 0 bridgehead atoms. The van der Waals surface area contributed by atoms with Gasteiger partial charge in [0.05, 0.1) is 30.8 Å². The van der Waals surface area contributed by atoms with Gasteiger partial charge in [0.2, 0.25) is 0 Å². The molecule has 6 nitrogen and oxygen atoms in total. The molecule has 0 aliphatic carbocycles. The Kier molecular flexibility index (Phi) is 6.60. The highest BCUT2D eigenvalue weighted by Gasteiger charge is 2.26. The maximum atomic E-state index is 14.2. The number of hydrogen-bond acceptors (Lipinski definition) is 6. The molecule has 4 rings (SSSR count). The van der Waals surface area contributed by atoms with E-state index in [1.165, 1.54) is 12.1 Å². The Morgan fingerprint density at radius 2 is 2.00 bits per heavy atom. The van der Waals surface area contributed by atoms with Crippen LogP contribution in [0.15, 0.2) is 48.5 Å². The van der Waals surface area contributed by atoms with Gasteiger partial charge < -0.3 is 19.3 Å². The number of aliphatic hydroxyl groups is 1. The van der Waals surface area contributed by atoms with Crippen LogP contribution in [0.1, 0.15) is 43.9 Å². The van der Waals surface area contributed by atoms with Crippen molar-refractivity contribution in [2.45, 2.75) is 44.8 Å². The molecule has 0 spiro atoms. The summed E-state index contributed by atoms with van der Waals surface area (Å²) in [4.78, 5) is 16.5. The molecule has 172 valence electrons. The zero-order chi connectivity index (χ0) is 23.5. The van der Waals surface area contributed by atoms with Crippen LogP contribution in [-0.4, -0.2) is 35.4 Å². The minimum atomic E-state index is -0.748. The van der Waals surface area contributed by atoms with Crippen LogP contribution >= 0.6 is 0 Å². The second kappa shape index (κ2) is 9.58. The van der Waals surface area contributed by atoms with Crippen molar-refractivity contribution < 1.29 is 28.5 Å². The highest BCUT2D eigenvalue weighted by Crippen LogP contribution is 2.39. The first-order valence-electron chi connectivity index (χ1n) is 10.8. The van der Waals surface area contributed by atoms with Crippen LogP contribution in [0.4, 0.5) is 4.39 Å². The predicted octanol–water partition coefficient (Wildman–Crippen LogP) is 5.38. The predicted molar refractivity (Wildman–Crippen MR) is 123 cm³/mol. The molecule has 1 N–H and O–H groups in total. The molecule has 33 heavy (non-hydrogen) atoms. The maximum Gasteiger partial charge on any atom is 0.309 e. The lowest BCUT2D eigenvalue weighted by molar-refractivity contribution is -0.156. The number of aromatic nitrogens is 1. The molecule has 2 heterocycles. The van der Waals surface area contributed by atoms with Gasteiger partial charge in [0.1, 0.15) is 29.2 Å². The Bertz CT molecular complexity index is 1210. The van der Waals surface area contributed by atoms with Crippen LogP contribution in [0.2, 0.25) is 0 Å². The van der Waals surface area contributed by atoms with Crippen molar-refractivity contribution in [3.05, 3.63) is 65.6 Å². The van der Waals surface area contributed by atoms with Crippen LogP contribution in [0.5, 0.6) is 17.2 Å². The van der Waals surface area contributed by atoms with E-state index in [4.69, 9.17) is 19.2 Å². The van der Waals surface area contributed by atoms with Gasteiger partial charge in [-0.2, -0.15) is 0 Å². The average molecular weight is 451 g/mol. The lowest BCUT2D eigenvalue weighted by Crippen LogP contribution is -2.31. The average Bonchev–Trinajstić information content (AvgIpc) is 2.77. The number of aliphatic hydroxyl groups excluding tert-OH is 1. The van der Waals surface area contributed by atoms with Crippen molar-refractivity contribution in [2.75, 3.05) is 7.11 Å². The molecule has 1 aromatic heterocycles. The summed E-state index contributed by atoms with van der Waals surface area (Å²) in [5.41, 5.74) is 2.02. The fraction of sp³-hybridized carbons (Fsp3) is 0.308. The normalized spacial score (nSPS) is 18.7. The molecular formula is C26H26FNO5. The molecule has 1 fully saturated rings. The number of esters is 1. The summed E-state index contributed by atoms with van der Waals surface area (Å²) in [6.07, 6.45) is 2.46. The fourth-order valence-corrected chi connectivity index (χ4v) is 3.86. The van der Waals surface area contributed by atoms with Gasteiger partial charge in [0.15, 0.2) is 0 Å². The first-order chi connectivity index (χ1) is 15.8. The topological polar surface area (TPSA) is 77.9 Å². The van der Waals surface area contributed by atoms with Crippen LogP contribution in [0.3, 0.4) is 0 Å². The van der Waals surface area contributed by atoms with E-state index in [2.05, 4.69) is 0 Å². The van der Waals surface area contributed by atoms with E-state index in [1.54, 1.807) is 49.6 Å². The van der Waals surface area contributed by atoms with E-state index in [0.717, 1.165) is 5.69 Å². The van der Waals surface area contributed by atoms with Gasteiger partial charge in [0, 0.05) is 23.4 Å². The SMILES string of the molecule is COc1cccc(Oc2c(/C=C/[C@@H]3C[C@@H](O)CC(=O)O3)c(C(C)C)nc3ccc(F)cc23)c1. The molecule has 2 atom stereocenters. The summed E-state index contributed by atoms with van der Waals surface area (Å²) in [6, 6.07) is 11.5. The first kappa shape index (κ1) is 22.7. The summed E-state index contributed by atoms with van der Waals surface area (Å²) in [6.45, 7) is 4.02. The number of carbonyl (C=O) groups excluding carboxylic acids is 1. The summed E-state index contributed by atoms with van der Waals surface area (Å²) >= 11 is 0. The quantitative estimate of drug-likeness (QED) is 0.507. The molecule has 7 heteroatoms. The zero-order valence-electron chi connectivity index (χ0n) is 18.7. The number of cyclic esters (lactones) is 1. The third-order valence-corrected chi connectivity index (χ3v) is 5.44. The molecule has 3 aromatic rings. The lowest BCUT2D eigenvalue weighted by atomic mass is 9.98. The van der Waals surface area contributed by atoms with E-state index in [9.17, 15) is 14.3 Å². The van der Waals surface area contributed by atoms with Crippen LogP contribution in [0, 0.1) is 5.82 Å². The standard InChI is InChI=1S/C26H26FNO5/c1-15(2)25-21(9-8-20-12-17(29)13-24(30)32-20)26(22-11-16(27)7-10-23(22)28-25)33-19-6-4-5-18(14-19)31-3/h4-11,14-15,17,20,29H,12-13H2,1-3H3/b9-8+/t17-,20-/m1/s1. The number of hydrogen-bond donors (Lipinski definition) is 1. The van der Waals surface area contributed by atoms with Crippen molar-refractivity contribution in [1.82, 2.24) is 4.98 Å². The smallest absolute Gasteiger partial charge is 0.309 e. The third kappa shape index (κ3) is 5.14. The van der Waals surface area contributed by atoms with Crippen LogP contribution in [0.25, 0.3) is 17.0 Å². The highest BCUT2D eigenvalue weighted by molar-refractivity contribution is 5.90. The van der Waals surface area contributed by atoms with Crippen molar-refractivity contribution in [1.29, 1.82) is 0 Å². The van der Waals surface area contributed by atoms with Gasteiger partial charge in [-0.25, -0.2) is 4.39 Å². The number of halogens is 1. The monoisotopic (exact) mass is 451 g/mol. The largest absolute Gasteiger partial charge is 0.497 e. The maximum absolute atomic E-state index is 14.2. The number of fused-ring (bicyclic) bond motifs is 1. The summed E-state index contributed by atoms with van der Waals surface area (Å²) < 4.78 is 31.2. The first-order valence-corrected chi connectivity index (χ1v) is 10.8. The van der Waals surface area contributed by atoms with Gasteiger partial charge in [-0.05, 0) is 48.4 Å². The van der Waals surface area contributed by atoms with Crippen molar-refractivity contribution in [3.63, 3.8) is 0 Å². The second-order valence-electron chi connectivity index (χ2n) is 8.32. The van der Waals surface area contributed by atoms with Crippen molar-refractivity contribution in [3.8, 4) is 17.2 Å². The number of nitrogens with zero attached hydrogens (tertiary/aromatic N) is 1. The number of benzene rings is 2. The number of methoxy groups -OCH3 is 1. The van der Waals surface area contributed by atoms with E-state index in [0.29, 0.717) is 40.1 Å². The summed E-state index contributed by atoms with van der Waals surface area (Å²) in [7, 11) is 1.57. The molecule has 0 radical (unpaired) electrons. The van der Waals surface area contributed by atoms with Gasteiger partial charge in [0.25, 0.3) is 0 Å². The number of pyridine rings is 1. The van der Waals surface area contributed by atoms with Crippen molar-refractivity contribution in [2.24, 2.45) is 0 Å². The Balaban J connectivity index is 1.86. The number of ether oxygens (including phenoxy) is 3. The molecule has 0 unspecified atom stereocenters. The summed E-state index contributed by atoms with van der Waals surface area (Å²) in [5.74, 6) is 0.772. The third-order valence-electron chi connectivity index (χ3n) is 5.44. The molecule has 1 saturated heterocycles. The van der Waals surface area contributed by atoms with Crippen LogP contribution < -0.4 is 9.47 Å². The highest BCUT2D eigenvalue weighted by atomic mass is 19.1. The van der Waals surface area contributed by atoms with Gasteiger partial charge in [-0.3, -0.25) is 9.78 Å². The second-order valence-corrected chi connectivity index (χ2v) is 8.32. The Morgan fingerprint density at radius 1 is 1.21 bits per heavy atom. The molecule has 1 aliphatic heterocycles. The van der Waals surface area contributed by atoms with E-state index < -0.39 is 24.0 Å². The minimum absolute atomic E-state index is 0.0113. The molecule has 1 aliphatic rings. The van der Waals surface area contributed by atoms with E-state index >= 15 is 0 Å². The molecule has 2 aromatic carbocycles. The fourth-order valence-electron chi connectivity index (χ4n) is 3.86. The molecular weight excluding hydrogens is 425 g/mol. The van der Waals surface area contributed by atoms with Gasteiger partial charge >= 0.3 is 5.97 Å². The van der Waals surface area contributed by atoms with E-state index in [-0.39, 0.29) is 12.3 Å². The van der Waals surface area contributed by atoms with Crippen LogP contribution in [-0.2, 0) is 9.53 Å². The van der Waals surface area contributed by atoms with Gasteiger partial charge in [-0.15, -0.1) is 0 Å². The molecule has 0 amide bonds. The van der Waals surface area contributed by atoms with E-state index in [1.807, 2.05) is 13.8 Å². The Hall–Kier alpha value is -3.45. The minimum Gasteiger partial charge on any atom is -0.497 e. The van der Waals surface area contributed by atoms with Crippen molar-refractivity contribution >= 4 is 22.9 Å². The number of rotatable bonds is 6. The number of carbonyl (C=O) groups is 1. The Labute approximate surface area is 191 Å². The molecule has 0 saturated carbocycles. The zero-order valence-corrected chi connectivity index (χ0v) is 18.7. The summed E-state index contributed by atoms with van der Waals surface area (Å²) in [5, 5.41) is 10.5.